The number of hydrogen-bond donors (Lipinski definition) is 0. The minimum absolute atomic E-state index is 0.154. The van der Waals surface area contributed by atoms with Crippen molar-refractivity contribution in [3.05, 3.63) is 48.5 Å². The highest BCUT2D eigenvalue weighted by molar-refractivity contribution is 5.82. The van der Waals surface area contributed by atoms with Crippen LogP contribution < -0.4 is 4.90 Å². The van der Waals surface area contributed by atoms with Crippen molar-refractivity contribution < 1.29 is 14.3 Å². The Hall–Kier alpha value is -3.55. The molecule has 2 aliphatic heterocycles. The average Bonchev–Trinajstić information content (AvgIpc) is 3.24. The van der Waals surface area contributed by atoms with E-state index in [1.165, 1.54) is 0 Å². The maximum atomic E-state index is 13.3. The van der Waals surface area contributed by atoms with Crippen molar-refractivity contribution in [1.29, 1.82) is 0 Å². The molecule has 0 spiro atoms. The number of nitrogens with zero attached hydrogens (tertiary/aromatic N) is 5. The minimum atomic E-state index is -0.536. The Bertz CT molecular complexity index is 1290. The van der Waals surface area contributed by atoms with Gasteiger partial charge in [0.05, 0.1) is 17.0 Å². The van der Waals surface area contributed by atoms with E-state index in [0.717, 1.165) is 54.0 Å². The number of aromatic nitrogens is 2. The standard InChI is InChI=1S/C29H37N5O3/c1-29(2,3)37-28(36)34-14-8-10-22(20-34)27(35)33-17-15-32(16-18-33)23-11-7-9-21(19-23)26-30-24-12-5-6-13-25(24)31(26)4/h5-7,9,11-13,19,22H,8,10,14-18,20H2,1-4H3/t22-/m0/s1. The average molecular weight is 504 g/mol. The smallest absolute Gasteiger partial charge is 0.410 e. The molecule has 2 amide bonds. The van der Waals surface area contributed by atoms with E-state index >= 15 is 0 Å². The topological polar surface area (TPSA) is 70.9 Å². The van der Waals surface area contributed by atoms with Crippen molar-refractivity contribution in [3.63, 3.8) is 0 Å². The molecule has 1 atom stereocenters. The lowest BCUT2D eigenvalue weighted by Crippen LogP contribution is -2.53. The molecule has 8 heteroatoms. The summed E-state index contributed by atoms with van der Waals surface area (Å²) in [5.41, 5.74) is 3.80. The second-order valence-corrected chi connectivity index (χ2v) is 11.1. The lowest BCUT2D eigenvalue weighted by Gasteiger charge is -2.40. The lowest BCUT2D eigenvalue weighted by atomic mass is 9.96. The summed E-state index contributed by atoms with van der Waals surface area (Å²) >= 11 is 0. The molecule has 1 aromatic heterocycles. The van der Waals surface area contributed by atoms with Gasteiger partial charge in [-0.15, -0.1) is 0 Å². The largest absolute Gasteiger partial charge is 0.444 e. The molecule has 2 aromatic carbocycles. The highest BCUT2D eigenvalue weighted by Crippen LogP contribution is 2.28. The van der Waals surface area contributed by atoms with Gasteiger partial charge in [-0.25, -0.2) is 9.78 Å². The van der Waals surface area contributed by atoms with Crippen LogP contribution in [0.1, 0.15) is 33.6 Å². The zero-order valence-corrected chi connectivity index (χ0v) is 22.3. The Kier molecular flexibility index (Phi) is 6.84. The van der Waals surface area contributed by atoms with Crippen LogP contribution in [0.2, 0.25) is 0 Å². The Morgan fingerprint density at radius 2 is 1.70 bits per heavy atom. The summed E-state index contributed by atoms with van der Waals surface area (Å²) in [5.74, 6) is 0.943. The third kappa shape index (κ3) is 5.43. The van der Waals surface area contributed by atoms with Crippen molar-refractivity contribution >= 4 is 28.7 Å². The first kappa shape index (κ1) is 25.1. The predicted molar refractivity (Wildman–Crippen MR) is 145 cm³/mol. The number of amides is 2. The molecule has 196 valence electrons. The number of anilines is 1. The van der Waals surface area contributed by atoms with Gasteiger partial charge < -0.3 is 24.0 Å². The molecule has 37 heavy (non-hydrogen) atoms. The van der Waals surface area contributed by atoms with Gasteiger partial charge in [-0.05, 0) is 57.9 Å². The molecule has 0 aliphatic carbocycles. The minimum Gasteiger partial charge on any atom is -0.444 e. The van der Waals surface area contributed by atoms with E-state index < -0.39 is 5.60 Å². The van der Waals surface area contributed by atoms with Crippen LogP contribution in [0, 0.1) is 5.92 Å². The van der Waals surface area contributed by atoms with E-state index in [1.54, 1.807) is 4.90 Å². The fourth-order valence-electron chi connectivity index (χ4n) is 5.36. The molecule has 2 aliphatic rings. The molecule has 0 unspecified atom stereocenters. The Labute approximate surface area is 218 Å². The number of likely N-dealkylation sites (tertiary alicyclic amines) is 1. The van der Waals surface area contributed by atoms with Gasteiger partial charge in [0.2, 0.25) is 5.91 Å². The van der Waals surface area contributed by atoms with E-state index in [-0.39, 0.29) is 17.9 Å². The van der Waals surface area contributed by atoms with Gasteiger partial charge in [-0.2, -0.15) is 0 Å². The number of imidazole rings is 1. The molecule has 5 rings (SSSR count). The van der Waals surface area contributed by atoms with Gasteiger partial charge in [-0.1, -0.05) is 24.3 Å². The maximum absolute atomic E-state index is 13.3. The highest BCUT2D eigenvalue weighted by Gasteiger charge is 2.34. The third-order valence-corrected chi connectivity index (χ3v) is 7.27. The molecular formula is C29H37N5O3. The van der Waals surface area contributed by atoms with Crippen LogP contribution in [0.15, 0.2) is 48.5 Å². The second kappa shape index (κ2) is 10.1. The van der Waals surface area contributed by atoms with Gasteiger partial charge in [-0.3, -0.25) is 4.79 Å². The molecule has 0 bridgehead atoms. The fourth-order valence-corrected chi connectivity index (χ4v) is 5.36. The first-order valence-electron chi connectivity index (χ1n) is 13.2. The second-order valence-electron chi connectivity index (χ2n) is 11.1. The van der Waals surface area contributed by atoms with Gasteiger partial charge in [0, 0.05) is 57.6 Å². The normalized spacial score (nSPS) is 18.8. The molecule has 2 saturated heterocycles. The summed E-state index contributed by atoms with van der Waals surface area (Å²) < 4.78 is 7.66. The summed E-state index contributed by atoms with van der Waals surface area (Å²) in [6.45, 7) is 9.60. The number of piperidine rings is 1. The number of piperazine rings is 1. The zero-order valence-electron chi connectivity index (χ0n) is 22.3. The van der Waals surface area contributed by atoms with E-state index in [4.69, 9.17) is 9.72 Å². The number of aryl methyl sites for hydroxylation is 1. The monoisotopic (exact) mass is 503 g/mol. The lowest BCUT2D eigenvalue weighted by molar-refractivity contribution is -0.137. The van der Waals surface area contributed by atoms with E-state index in [2.05, 4.69) is 46.8 Å². The van der Waals surface area contributed by atoms with Gasteiger partial charge in [0.1, 0.15) is 11.4 Å². The molecule has 0 N–H and O–H groups in total. The maximum Gasteiger partial charge on any atom is 0.410 e. The van der Waals surface area contributed by atoms with Gasteiger partial charge >= 0.3 is 6.09 Å². The number of fused-ring (bicyclic) bond motifs is 1. The Balaban J connectivity index is 1.21. The van der Waals surface area contributed by atoms with Crippen molar-refractivity contribution in [2.45, 2.75) is 39.2 Å². The number of ether oxygens (including phenoxy) is 1. The quantitative estimate of drug-likeness (QED) is 0.525. The van der Waals surface area contributed by atoms with Crippen LogP contribution in [-0.4, -0.2) is 76.2 Å². The molecule has 2 fully saturated rings. The third-order valence-electron chi connectivity index (χ3n) is 7.27. The van der Waals surface area contributed by atoms with Crippen molar-refractivity contribution in [2.75, 3.05) is 44.2 Å². The van der Waals surface area contributed by atoms with Crippen molar-refractivity contribution in [3.8, 4) is 11.4 Å². The van der Waals surface area contributed by atoms with Gasteiger partial charge in [0.15, 0.2) is 0 Å². The van der Waals surface area contributed by atoms with E-state index in [0.29, 0.717) is 26.2 Å². The number of benzene rings is 2. The number of hydrogen-bond acceptors (Lipinski definition) is 5. The zero-order chi connectivity index (χ0) is 26.2. The van der Waals surface area contributed by atoms with Gasteiger partial charge in [0.25, 0.3) is 0 Å². The van der Waals surface area contributed by atoms with Crippen LogP contribution in [0.5, 0.6) is 0 Å². The van der Waals surface area contributed by atoms with Crippen LogP contribution in [-0.2, 0) is 16.6 Å². The van der Waals surface area contributed by atoms with E-state index in [9.17, 15) is 9.59 Å². The highest BCUT2D eigenvalue weighted by atomic mass is 16.6. The molecule has 0 saturated carbocycles. The summed E-state index contributed by atoms with van der Waals surface area (Å²) in [4.78, 5) is 36.7. The SMILES string of the molecule is Cn1c(-c2cccc(N3CCN(C(=O)[C@H]4CCCN(C(=O)OC(C)(C)C)C4)CC3)c2)nc2ccccc21. The molecule has 0 radical (unpaired) electrons. The predicted octanol–water partition coefficient (Wildman–Crippen LogP) is 4.54. The van der Waals surface area contributed by atoms with Crippen LogP contribution in [0.25, 0.3) is 22.4 Å². The molecule has 3 aromatic rings. The fraction of sp³-hybridized carbons (Fsp3) is 0.483. The summed E-state index contributed by atoms with van der Waals surface area (Å²) in [5, 5.41) is 0. The number of rotatable bonds is 3. The Morgan fingerprint density at radius 1 is 0.946 bits per heavy atom. The first-order valence-corrected chi connectivity index (χ1v) is 13.2. The van der Waals surface area contributed by atoms with Crippen molar-refractivity contribution in [2.24, 2.45) is 13.0 Å². The van der Waals surface area contributed by atoms with E-state index in [1.807, 2.05) is 43.9 Å². The molecule has 8 nitrogen and oxygen atoms in total. The summed E-state index contributed by atoms with van der Waals surface area (Å²) in [7, 11) is 2.05. The summed E-state index contributed by atoms with van der Waals surface area (Å²) in [6, 6.07) is 16.7. The molecular weight excluding hydrogens is 466 g/mol. The molecule has 3 heterocycles. The van der Waals surface area contributed by atoms with Crippen LogP contribution >= 0.6 is 0 Å². The van der Waals surface area contributed by atoms with Crippen molar-refractivity contribution in [1.82, 2.24) is 19.4 Å². The van der Waals surface area contributed by atoms with Crippen LogP contribution in [0.3, 0.4) is 0 Å². The number of para-hydroxylation sites is 2. The summed E-state index contributed by atoms with van der Waals surface area (Å²) in [6.07, 6.45) is 1.32. The van der Waals surface area contributed by atoms with Crippen LogP contribution in [0.4, 0.5) is 10.5 Å². The Morgan fingerprint density at radius 3 is 2.43 bits per heavy atom. The first-order chi connectivity index (χ1) is 17.7. The number of carbonyl (C=O) groups is 2. The number of carbonyl (C=O) groups excluding carboxylic acids is 2.